The van der Waals surface area contributed by atoms with E-state index >= 15 is 0 Å². The van der Waals surface area contributed by atoms with Crippen molar-refractivity contribution in [2.45, 2.75) is 19.9 Å². The number of nitrogens with two attached hydrogens (primary N) is 1. The van der Waals surface area contributed by atoms with Crippen LogP contribution in [-0.4, -0.2) is 30.1 Å². The number of nitro benzene ring substituents is 1. The van der Waals surface area contributed by atoms with Gasteiger partial charge in [0.25, 0.3) is 5.69 Å². The molecular weight excluding hydrogens is 252 g/mol. The second-order valence-electron chi connectivity index (χ2n) is 3.83. The third kappa shape index (κ3) is 3.92. The molecule has 2 N–H and O–H groups in total. The number of hydrogen-bond acceptors (Lipinski definition) is 6. The predicted molar refractivity (Wildman–Crippen MR) is 67.9 cm³/mol. The molecule has 0 amide bonds. The molecule has 0 saturated heterocycles. The van der Waals surface area contributed by atoms with E-state index in [1.165, 1.54) is 12.1 Å². The number of esters is 1. The number of rotatable bonds is 6. The first-order valence-corrected chi connectivity index (χ1v) is 5.76. The van der Waals surface area contributed by atoms with Crippen molar-refractivity contribution >= 4 is 11.7 Å². The van der Waals surface area contributed by atoms with E-state index in [0.717, 1.165) is 0 Å². The summed E-state index contributed by atoms with van der Waals surface area (Å²) >= 11 is 0. The van der Waals surface area contributed by atoms with Gasteiger partial charge in [-0.3, -0.25) is 14.9 Å². The van der Waals surface area contributed by atoms with Gasteiger partial charge < -0.3 is 15.2 Å². The van der Waals surface area contributed by atoms with Crippen molar-refractivity contribution < 1.29 is 19.2 Å². The smallest absolute Gasteiger partial charge is 0.326 e. The van der Waals surface area contributed by atoms with Gasteiger partial charge in [0, 0.05) is 6.07 Å². The summed E-state index contributed by atoms with van der Waals surface area (Å²) in [5.41, 5.74) is 5.92. The molecule has 0 aliphatic heterocycles. The Hall–Kier alpha value is -2.15. The third-order valence-corrected chi connectivity index (χ3v) is 2.46. The molecule has 0 radical (unpaired) electrons. The van der Waals surface area contributed by atoms with E-state index in [4.69, 9.17) is 15.2 Å². The summed E-state index contributed by atoms with van der Waals surface area (Å²) < 4.78 is 10.1. The Morgan fingerprint density at radius 3 is 2.79 bits per heavy atom. The summed E-state index contributed by atoms with van der Waals surface area (Å²) in [6.07, 6.45) is 0. The summed E-state index contributed by atoms with van der Waals surface area (Å²) in [4.78, 5) is 21.6. The van der Waals surface area contributed by atoms with Crippen LogP contribution in [-0.2, 0) is 9.53 Å². The summed E-state index contributed by atoms with van der Waals surface area (Å²) in [6.45, 7) is 3.39. The highest BCUT2D eigenvalue weighted by Gasteiger charge is 2.18. The number of benzene rings is 1. The quantitative estimate of drug-likeness (QED) is 0.471. The van der Waals surface area contributed by atoms with Crippen molar-refractivity contribution in [2.75, 3.05) is 13.2 Å². The molecule has 1 rings (SSSR count). The molecule has 19 heavy (non-hydrogen) atoms. The Balaban J connectivity index is 2.71. The van der Waals surface area contributed by atoms with Crippen molar-refractivity contribution in [1.29, 1.82) is 0 Å². The fourth-order valence-electron chi connectivity index (χ4n) is 1.45. The van der Waals surface area contributed by atoms with E-state index in [0.29, 0.717) is 11.3 Å². The van der Waals surface area contributed by atoms with Crippen LogP contribution in [0.1, 0.15) is 12.5 Å². The van der Waals surface area contributed by atoms with Gasteiger partial charge in [0.15, 0.2) is 0 Å². The molecule has 0 aliphatic carbocycles. The second kappa shape index (κ2) is 6.69. The number of hydrogen-bond donors (Lipinski definition) is 1. The molecule has 0 fully saturated rings. The van der Waals surface area contributed by atoms with Crippen LogP contribution in [0, 0.1) is 17.0 Å². The standard InChI is InChI=1S/C12H16N2O5/c1-3-18-12(15)9(13)7-19-11-6-4-5-10(8(11)2)14(16)17/h4-6,9H,3,7,13H2,1-2H3. The lowest BCUT2D eigenvalue weighted by Gasteiger charge is -2.13. The molecule has 0 saturated carbocycles. The van der Waals surface area contributed by atoms with E-state index in [2.05, 4.69) is 0 Å². The van der Waals surface area contributed by atoms with Crippen molar-refractivity contribution in [3.63, 3.8) is 0 Å². The lowest BCUT2D eigenvalue weighted by atomic mass is 10.2. The molecule has 7 nitrogen and oxygen atoms in total. The zero-order valence-electron chi connectivity index (χ0n) is 10.8. The highest BCUT2D eigenvalue weighted by molar-refractivity contribution is 5.75. The normalized spacial score (nSPS) is 11.7. The molecule has 0 aliphatic rings. The van der Waals surface area contributed by atoms with Gasteiger partial charge in [-0.2, -0.15) is 0 Å². The van der Waals surface area contributed by atoms with Gasteiger partial charge in [-0.15, -0.1) is 0 Å². The number of carbonyl (C=O) groups excluding carboxylic acids is 1. The third-order valence-electron chi connectivity index (χ3n) is 2.46. The van der Waals surface area contributed by atoms with Crippen molar-refractivity contribution in [1.82, 2.24) is 0 Å². The molecule has 7 heteroatoms. The first-order valence-electron chi connectivity index (χ1n) is 5.76. The van der Waals surface area contributed by atoms with Gasteiger partial charge in [-0.05, 0) is 19.9 Å². The highest BCUT2D eigenvalue weighted by atomic mass is 16.6. The van der Waals surface area contributed by atoms with E-state index in [9.17, 15) is 14.9 Å². The molecule has 0 heterocycles. The fourth-order valence-corrected chi connectivity index (χ4v) is 1.45. The molecule has 104 valence electrons. The van der Waals surface area contributed by atoms with Crippen LogP contribution >= 0.6 is 0 Å². The number of ether oxygens (including phenoxy) is 2. The van der Waals surface area contributed by atoms with E-state index < -0.39 is 16.9 Å². The maximum atomic E-state index is 11.3. The molecule has 1 unspecified atom stereocenters. The van der Waals surface area contributed by atoms with Gasteiger partial charge in [-0.1, -0.05) is 6.07 Å². The van der Waals surface area contributed by atoms with E-state index in [1.54, 1.807) is 19.9 Å². The van der Waals surface area contributed by atoms with Gasteiger partial charge in [0.2, 0.25) is 0 Å². The lowest BCUT2D eigenvalue weighted by molar-refractivity contribution is -0.385. The van der Waals surface area contributed by atoms with Crippen LogP contribution in [0.4, 0.5) is 5.69 Å². The van der Waals surface area contributed by atoms with E-state index in [-0.39, 0.29) is 18.9 Å². The summed E-state index contributed by atoms with van der Waals surface area (Å²) in [5, 5.41) is 10.8. The van der Waals surface area contributed by atoms with E-state index in [1.807, 2.05) is 0 Å². The summed E-state index contributed by atoms with van der Waals surface area (Å²) in [5.74, 6) is -0.237. The Labute approximate surface area is 110 Å². The minimum absolute atomic E-state index is 0.0396. The second-order valence-corrected chi connectivity index (χ2v) is 3.83. The van der Waals surface area contributed by atoms with Crippen LogP contribution in [0.15, 0.2) is 18.2 Å². The molecule has 0 aromatic heterocycles. The minimum Gasteiger partial charge on any atom is -0.491 e. The van der Waals surface area contributed by atoms with Gasteiger partial charge >= 0.3 is 5.97 Å². The predicted octanol–water partition coefficient (Wildman–Crippen LogP) is 1.17. The maximum Gasteiger partial charge on any atom is 0.326 e. The van der Waals surface area contributed by atoms with Gasteiger partial charge in [0.1, 0.15) is 18.4 Å². The Kier molecular flexibility index (Phi) is 5.25. The SMILES string of the molecule is CCOC(=O)C(N)COc1cccc([N+](=O)[O-])c1C. The molecule has 0 bridgehead atoms. The zero-order chi connectivity index (χ0) is 14.4. The Bertz CT molecular complexity index is 475. The van der Waals surface area contributed by atoms with Crippen molar-refractivity contribution in [2.24, 2.45) is 5.73 Å². The Morgan fingerprint density at radius 2 is 2.21 bits per heavy atom. The topological polar surface area (TPSA) is 105 Å². The maximum absolute atomic E-state index is 11.3. The highest BCUT2D eigenvalue weighted by Crippen LogP contribution is 2.26. The number of nitro groups is 1. The monoisotopic (exact) mass is 268 g/mol. The average Bonchev–Trinajstić information content (AvgIpc) is 2.37. The first-order chi connectivity index (χ1) is 8.97. The van der Waals surface area contributed by atoms with Crippen LogP contribution in [0.3, 0.4) is 0 Å². The first kappa shape index (κ1) is 14.9. The van der Waals surface area contributed by atoms with Gasteiger partial charge in [0.05, 0.1) is 17.1 Å². The largest absolute Gasteiger partial charge is 0.491 e. The zero-order valence-corrected chi connectivity index (χ0v) is 10.8. The van der Waals surface area contributed by atoms with Crippen LogP contribution in [0.2, 0.25) is 0 Å². The summed E-state index contributed by atoms with van der Waals surface area (Å²) in [7, 11) is 0. The van der Waals surface area contributed by atoms with Crippen molar-refractivity contribution in [3.8, 4) is 5.75 Å². The molecule has 1 atom stereocenters. The molecule has 0 spiro atoms. The average molecular weight is 268 g/mol. The fraction of sp³-hybridized carbons (Fsp3) is 0.417. The number of nitrogens with zero attached hydrogens (tertiary/aromatic N) is 1. The summed E-state index contributed by atoms with van der Waals surface area (Å²) in [6, 6.07) is 3.56. The van der Waals surface area contributed by atoms with Crippen LogP contribution in [0.5, 0.6) is 5.75 Å². The number of carbonyl (C=O) groups is 1. The van der Waals surface area contributed by atoms with Gasteiger partial charge in [-0.25, -0.2) is 0 Å². The van der Waals surface area contributed by atoms with Crippen molar-refractivity contribution in [3.05, 3.63) is 33.9 Å². The molecule has 1 aromatic carbocycles. The Morgan fingerprint density at radius 1 is 1.53 bits per heavy atom. The van der Waals surface area contributed by atoms with Crippen LogP contribution in [0.25, 0.3) is 0 Å². The lowest BCUT2D eigenvalue weighted by Crippen LogP contribution is -2.37. The minimum atomic E-state index is -0.918. The van der Waals surface area contributed by atoms with Crippen LogP contribution < -0.4 is 10.5 Å². The molecule has 1 aromatic rings. The molecular formula is C12H16N2O5.